The van der Waals surface area contributed by atoms with E-state index in [9.17, 15) is 0 Å². The fraction of sp³-hybridized carbons (Fsp3) is 0. The maximum absolute atomic E-state index is 8.81. The second-order valence-corrected chi connectivity index (χ2v) is 1.43. The molecule has 0 bridgehead atoms. The van der Waals surface area contributed by atoms with Crippen LogP contribution < -0.4 is 0 Å². The molecule has 0 heterocycles. The molecular weight excluding hydrogens is 96.1 g/mol. The molecule has 0 N–H and O–H groups in total. The zero-order valence-corrected chi connectivity index (χ0v) is 3.27. The predicted molar refractivity (Wildman–Crippen MR) is 16.3 cm³/mol. The van der Waals surface area contributed by atoms with E-state index in [2.05, 4.69) is 11.2 Å². The van der Waals surface area contributed by atoms with Gasteiger partial charge in [-0.05, 0) is 0 Å². The van der Waals surface area contributed by atoms with Gasteiger partial charge < -0.3 is 0 Å². The molecule has 0 fully saturated rings. The maximum Gasteiger partial charge on any atom is 0.284 e. The van der Waals surface area contributed by atoms with Crippen molar-refractivity contribution in [3.63, 3.8) is 0 Å². The monoisotopic (exact) mass is 95.9 g/mol. The molecule has 0 aromatic heterocycles. The van der Waals surface area contributed by atoms with Crippen LogP contribution in [-0.2, 0) is 20.5 Å². The first-order valence-corrected chi connectivity index (χ1v) is 2.50. The highest BCUT2D eigenvalue weighted by atomic mass is 32.8. The van der Waals surface area contributed by atoms with Crippen LogP contribution in [0.25, 0.3) is 0 Å². The Morgan fingerprint density at radius 1 is 1.50 bits per heavy atom. The first-order valence-electron chi connectivity index (χ1n) is 0.500. The molecule has 0 aromatic rings. The highest BCUT2D eigenvalue weighted by Gasteiger charge is 1.34. The zero-order chi connectivity index (χ0) is 3.58. The smallest absolute Gasteiger partial charge is 0.172 e. The summed E-state index contributed by atoms with van der Waals surface area (Å²) in [4.78, 5) is 0. The summed E-state index contributed by atoms with van der Waals surface area (Å²) in [5.41, 5.74) is 0. The fourth-order valence-corrected chi connectivity index (χ4v) is 0. The molecule has 0 saturated carbocycles. The van der Waals surface area contributed by atoms with E-state index in [0.717, 1.165) is 0 Å². The maximum atomic E-state index is 8.81. The molecular formula is O2S2. The minimum atomic E-state index is -2.28. The largest absolute Gasteiger partial charge is 0.284 e. The lowest BCUT2D eigenvalue weighted by molar-refractivity contribution is 0.628. The Balaban J connectivity index is 4.65. The number of rotatable bonds is 0. The van der Waals surface area contributed by atoms with Crippen molar-refractivity contribution in [2.24, 2.45) is 0 Å². The summed E-state index contributed by atoms with van der Waals surface area (Å²) in [6, 6.07) is 0. The van der Waals surface area contributed by atoms with Gasteiger partial charge in [0.1, 0.15) is 0 Å². The summed E-state index contributed by atoms with van der Waals surface area (Å²) in [6.45, 7) is 0. The molecule has 0 unspecified atom stereocenters. The lowest BCUT2D eigenvalue weighted by atomic mass is 15.9. The first kappa shape index (κ1) is 4.04. The van der Waals surface area contributed by atoms with Crippen molar-refractivity contribution in [1.29, 1.82) is 0 Å². The number of hydrogen-bond donors (Lipinski definition) is 0. The quantitative estimate of drug-likeness (QED) is 0.401. The highest BCUT2D eigenvalue weighted by molar-refractivity contribution is 8.14. The molecule has 4 heavy (non-hydrogen) atoms. The van der Waals surface area contributed by atoms with Crippen LogP contribution in [0.3, 0.4) is 0 Å². The highest BCUT2D eigenvalue weighted by Crippen LogP contribution is 1.13. The van der Waals surface area contributed by atoms with Gasteiger partial charge in [-0.15, -0.1) is 0 Å². The Kier molecular flexibility index (Phi) is 1.38. The summed E-state index contributed by atoms with van der Waals surface area (Å²) in [5.74, 6) is 0. The third kappa shape index (κ3) is 1380. The molecule has 0 amide bonds. The molecule has 24 valence electrons. The third-order valence-corrected chi connectivity index (χ3v) is 0. The van der Waals surface area contributed by atoms with Crippen molar-refractivity contribution >= 4 is 20.5 Å². The summed E-state index contributed by atoms with van der Waals surface area (Å²) in [7, 11) is -2.28. The van der Waals surface area contributed by atoms with E-state index in [1.54, 1.807) is 0 Å². The summed E-state index contributed by atoms with van der Waals surface area (Å²) in [5, 5.41) is 0. The minimum absolute atomic E-state index is 2.28. The van der Waals surface area contributed by atoms with Gasteiger partial charge in [0.15, 0.2) is 0 Å². The Labute approximate surface area is 29.6 Å². The molecule has 0 saturated heterocycles. The molecule has 2 nitrogen and oxygen atoms in total. The van der Waals surface area contributed by atoms with E-state index in [1.807, 2.05) is 0 Å². The van der Waals surface area contributed by atoms with Crippen LogP contribution in [0.2, 0.25) is 0 Å². The van der Waals surface area contributed by atoms with Crippen molar-refractivity contribution in [2.75, 3.05) is 0 Å². The Bertz CT molecular complexity index is 73.4. The van der Waals surface area contributed by atoms with Gasteiger partial charge in [0.05, 0.1) is 11.2 Å². The SMILES string of the molecule is O=S(=O)=S. The minimum Gasteiger partial charge on any atom is -0.172 e. The fourth-order valence-electron chi connectivity index (χ4n) is 0. The molecule has 0 aliphatic heterocycles. The van der Waals surface area contributed by atoms with Gasteiger partial charge in [0, 0.05) is 0 Å². The van der Waals surface area contributed by atoms with Crippen LogP contribution in [0.4, 0.5) is 0 Å². The Morgan fingerprint density at radius 2 is 1.50 bits per heavy atom. The summed E-state index contributed by atoms with van der Waals surface area (Å²) in [6.07, 6.45) is 0. The molecule has 0 atom stereocenters. The van der Waals surface area contributed by atoms with Crippen molar-refractivity contribution in [1.82, 2.24) is 0 Å². The van der Waals surface area contributed by atoms with Gasteiger partial charge in [0.2, 0.25) is 0 Å². The van der Waals surface area contributed by atoms with E-state index in [4.69, 9.17) is 8.42 Å². The van der Waals surface area contributed by atoms with Gasteiger partial charge in [-0.25, -0.2) is 0 Å². The molecule has 0 spiro atoms. The van der Waals surface area contributed by atoms with E-state index in [1.165, 1.54) is 0 Å². The molecule has 4 heteroatoms. The van der Waals surface area contributed by atoms with E-state index < -0.39 is 9.26 Å². The van der Waals surface area contributed by atoms with Crippen LogP contribution in [0.15, 0.2) is 0 Å². The average molecular weight is 96.1 g/mol. The normalized spacial score (nSPS) is 6.00. The number of hydrogen-bond acceptors (Lipinski definition) is 3. The van der Waals surface area contributed by atoms with Gasteiger partial charge in [-0.3, -0.25) is 0 Å². The van der Waals surface area contributed by atoms with E-state index in [0.29, 0.717) is 0 Å². The molecule has 0 rings (SSSR count). The van der Waals surface area contributed by atoms with Gasteiger partial charge >= 0.3 is 0 Å². The van der Waals surface area contributed by atoms with Crippen molar-refractivity contribution in [3.8, 4) is 0 Å². The topological polar surface area (TPSA) is 34.1 Å². The van der Waals surface area contributed by atoms with Gasteiger partial charge in [-0.1, -0.05) is 0 Å². The third-order valence-electron chi connectivity index (χ3n) is 0. The van der Waals surface area contributed by atoms with Crippen molar-refractivity contribution in [3.05, 3.63) is 0 Å². The standard InChI is InChI=1S/O2S2/c1-4(2)3. The van der Waals surface area contributed by atoms with Crippen molar-refractivity contribution < 1.29 is 8.42 Å². The van der Waals surface area contributed by atoms with Crippen LogP contribution in [0.1, 0.15) is 0 Å². The van der Waals surface area contributed by atoms with Gasteiger partial charge in [0.25, 0.3) is 9.26 Å². The van der Waals surface area contributed by atoms with Gasteiger partial charge in [-0.2, -0.15) is 8.42 Å². The lowest BCUT2D eigenvalue weighted by Crippen LogP contribution is -1.35. The Hall–Kier alpha value is 0.0400. The van der Waals surface area contributed by atoms with Crippen molar-refractivity contribution in [2.45, 2.75) is 0 Å². The molecule has 0 aliphatic carbocycles. The summed E-state index contributed by atoms with van der Waals surface area (Å²) < 4.78 is 17.6. The van der Waals surface area contributed by atoms with E-state index >= 15 is 0 Å². The molecule has 0 radical (unpaired) electrons. The van der Waals surface area contributed by atoms with Crippen LogP contribution in [0.5, 0.6) is 0 Å². The second kappa shape index (κ2) is 1.37. The van der Waals surface area contributed by atoms with Crippen LogP contribution in [0, 0.1) is 0 Å². The Morgan fingerprint density at radius 3 is 1.50 bits per heavy atom. The second-order valence-electron chi connectivity index (χ2n) is 0.204. The first-order chi connectivity index (χ1) is 1.73. The lowest BCUT2D eigenvalue weighted by Gasteiger charge is -1.15. The predicted octanol–water partition coefficient (Wildman–Crippen LogP) is -0.673. The zero-order valence-electron chi connectivity index (χ0n) is 1.63. The van der Waals surface area contributed by atoms with Crippen LogP contribution >= 0.6 is 0 Å². The average Bonchev–Trinajstić information content (AvgIpc) is 0.811. The van der Waals surface area contributed by atoms with E-state index in [-0.39, 0.29) is 0 Å². The van der Waals surface area contributed by atoms with Crippen LogP contribution in [-0.4, -0.2) is 8.42 Å². The molecule has 0 aliphatic rings. The summed E-state index contributed by atoms with van der Waals surface area (Å²) >= 11 is 3.54. The molecule has 0 aromatic carbocycles.